The molecule has 0 aromatic heterocycles. The molecular weight excluding hydrogens is 985 g/mol. The molecule has 0 aromatic carbocycles. The minimum atomic E-state index is -0.796. The quantitative estimate of drug-likeness (QED) is 0.0261. The van der Waals surface area contributed by atoms with Gasteiger partial charge in [0.2, 0.25) is 0 Å². The van der Waals surface area contributed by atoms with Gasteiger partial charge in [-0.15, -0.1) is 0 Å². The van der Waals surface area contributed by atoms with Gasteiger partial charge in [-0.2, -0.15) is 0 Å². The molecule has 0 N–H and O–H groups in total. The van der Waals surface area contributed by atoms with Crippen molar-refractivity contribution in [3.8, 4) is 0 Å². The molecule has 454 valence electrons. The van der Waals surface area contributed by atoms with Crippen LogP contribution in [0.3, 0.4) is 0 Å². The van der Waals surface area contributed by atoms with Crippen molar-refractivity contribution in [2.24, 2.45) is 0 Å². The Morgan fingerprint density at radius 2 is 0.487 bits per heavy atom. The third-order valence-electron chi connectivity index (χ3n) is 13.9. The number of allylic oxidation sites excluding steroid dienone is 22. The fourth-order valence-corrected chi connectivity index (χ4v) is 8.89. The third kappa shape index (κ3) is 64.4. The first kappa shape index (κ1) is 75.5. The van der Waals surface area contributed by atoms with Crippen molar-refractivity contribution >= 4 is 17.9 Å². The molecule has 0 radical (unpaired) electrons. The van der Waals surface area contributed by atoms with Gasteiger partial charge in [0.05, 0.1) is 0 Å². The van der Waals surface area contributed by atoms with Gasteiger partial charge in [0.25, 0.3) is 0 Å². The first-order chi connectivity index (χ1) is 39.5. The van der Waals surface area contributed by atoms with E-state index in [4.69, 9.17) is 14.2 Å². The normalized spacial score (nSPS) is 13.0. The summed E-state index contributed by atoms with van der Waals surface area (Å²) in [6.07, 6.45) is 94.6. The molecule has 0 saturated carbocycles. The highest BCUT2D eigenvalue weighted by Crippen LogP contribution is 2.15. The number of carbonyl (C=O) groups excluding carboxylic acids is 3. The van der Waals surface area contributed by atoms with Crippen LogP contribution < -0.4 is 0 Å². The molecule has 0 heterocycles. The number of ether oxygens (including phenoxy) is 3. The number of rotatable bonds is 59. The molecule has 0 fully saturated rings. The lowest BCUT2D eigenvalue weighted by atomic mass is 10.1. The fourth-order valence-electron chi connectivity index (χ4n) is 8.89. The Kier molecular flexibility index (Phi) is 63.3. The van der Waals surface area contributed by atoms with Crippen LogP contribution in [-0.2, 0) is 28.6 Å². The van der Waals surface area contributed by atoms with Gasteiger partial charge in [-0.25, -0.2) is 0 Å². The number of unbranched alkanes of at least 4 members (excludes halogenated alkanes) is 26. The minimum absolute atomic E-state index is 0.0922. The van der Waals surface area contributed by atoms with E-state index in [-0.39, 0.29) is 31.1 Å². The van der Waals surface area contributed by atoms with Crippen molar-refractivity contribution in [1.29, 1.82) is 0 Å². The summed E-state index contributed by atoms with van der Waals surface area (Å²) in [6.45, 7) is 6.48. The van der Waals surface area contributed by atoms with Crippen LogP contribution in [0.5, 0.6) is 0 Å². The summed E-state index contributed by atoms with van der Waals surface area (Å²) in [7, 11) is 0. The molecule has 0 bridgehead atoms. The fraction of sp³-hybridized carbons (Fsp3) is 0.662. The summed E-state index contributed by atoms with van der Waals surface area (Å²) in [5, 5.41) is 0. The van der Waals surface area contributed by atoms with Gasteiger partial charge in [0, 0.05) is 19.3 Å². The van der Waals surface area contributed by atoms with E-state index in [1.165, 1.54) is 116 Å². The van der Waals surface area contributed by atoms with E-state index in [0.29, 0.717) is 19.3 Å². The van der Waals surface area contributed by atoms with Crippen LogP contribution in [0, 0.1) is 0 Å². The third-order valence-corrected chi connectivity index (χ3v) is 13.9. The molecule has 6 nitrogen and oxygen atoms in total. The standard InChI is InChI=1S/C74H122O6/c1-4-7-10-13-16-19-22-25-27-29-30-31-32-33-34-35-36-37-38-39-40-41-42-43-44-46-47-49-52-55-58-61-64-67-73(76)79-70-71(69-78-72(75)66-63-60-57-54-51-24-21-18-15-12-9-6-3)80-74(77)68-65-62-59-56-53-50-48-45-28-26-23-20-17-14-11-8-5-2/h7,10,16,18-19,21,25-28,30-31,33-34,36-37,39-40,42-43,46-47,71H,4-6,8-9,11-15,17,20,22-24,29,32,35,38,41,44-45,48-70H2,1-3H3/b10-7-,19-16-,21-18-,27-25-,28-26-,31-30-,34-33-,37-36-,40-39-,43-42-,47-46-. The summed E-state index contributed by atoms with van der Waals surface area (Å²) in [6, 6.07) is 0. The number of esters is 3. The maximum absolute atomic E-state index is 12.9. The van der Waals surface area contributed by atoms with Gasteiger partial charge >= 0.3 is 17.9 Å². The average Bonchev–Trinajstić information content (AvgIpc) is 3.46. The van der Waals surface area contributed by atoms with Crippen LogP contribution in [0.1, 0.15) is 297 Å². The Bertz CT molecular complexity index is 1700. The van der Waals surface area contributed by atoms with E-state index >= 15 is 0 Å². The molecule has 0 aliphatic carbocycles. The van der Waals surface area contributed by atoms with Crippen molar-refractivity contribution in [2.45, 2.75) is 303 Å². The second-order valence-electron chi connectivity index (χ2n) is 21.6. The van der Waals surface area contributed by atoms with Crippen LogP contribution in [0.15, 0.2) is 134 Å². The van der Waals surface area contributed by atoms with Crippen LogP contribution in [0.4, 0.5) is 0 Å². The van der Waals surface area contributed by atoms with E-state index < -0.39 is 6.10 Å². The predicted molar refractivity (Wildman–Crippen MR) is 348 cm³/mol. The SMILES string of the molecule is CC/C=C\C/C=C\C/C=C\C/C=C\C/C=C\C/C=C\C/C=C\C/C=C\C/C=C\CCCCCCCC(=O)OCC(COC(=O)CCCCCCC/C=C\CCCCC)OC(=O)CCCCCCCCC/C=C\CCCCCCCC. The molecule has 0 aliphatic rings. The van der Waals surface area contributed by atoms with Crippen molar-refractivity contribution in [3.63, 3.8) is 0 Å². The molecule has 0 spiro atoms. The maximum Gasteiger partial charge on any atom is 0.306 e. The topological polar surface area (TPSA) is 78.9 Å². The molecule has 0 aromatic rings. The van der Waals surface area contributed by atoms with Crippen LogP contribution >= 0.6 is 0 Å². The summed E-state index contributed by atoms with van der Waals surface area (Å²) >= 11 is 0. The van der Waals surface area contributed by atoms with Crippen molar-refractivity contribution in [1.82, 2.24) is 0 Å². The smallest absolute Gasteiger partial charge is 0.306 e. The molecule has 0 saturated heterocycles. The van der Waals surface area contributed by atoms with Gasteiger partial charge in [0.1, 0.15) is 13.2 Å². The van der Waals surface area contributed by atoms with Gasteiger partial charge in [-0.3, -0.25) is 14.4 Å². The van der Waals surface area contributed by atoms with E-state index in [1.807, 2.05) is 0 Å². The molecule has 0 amide bonds. The average molecular weight is 1110 g/mol. The van der Waals surface area contributed by atoms with E-state index in [2.05, 4.69) is 154 Å². The van der Waals surface area contributed by atoms with E-state index in [0.717, 1.165) is 141 Å². The summed E-state index contributed by atoms with van der Waals surface area (Å²) in [5.41, 5.74) is 0. The highest BCUT2D eigenvalue weighted by molar-refractivity contribution is 5.71. The molecule has 80 heavy (non-hydrogen) atoms. The van der Waals surface area contributed by atoms with Gasteiger partial charge in [-0.1, -0.05) is 270 Å². The molecular formula is C74H122O6. The first-order valence-electron chi connectivity index (χ1n) is 33.2. The van der Waals surface area contributed by atoms with E-state index in [1.54, 1.807) is 0 Å². The first-order valence-corrected chi connectivity index (χ1v) is 33.2. The lowest BCUT2D eigenvalue weighted by Crippen LogP contribution is -2.30. The molecule has 1 atom stereocenters. The number of hydrogen-bond donors (Lipinski definition) is 0. The van der Waals surface area contributed by atoms with Gasteiger partial charge < -0.3 is 14.2 Å². The van der Waals surface area contributed by atoms with Gasteiger partial charge in [0.15, 0.2) is 6.10 Å². The Balaban J connectivity index is 4.32. The summed E-state index contributed by atoms with van der Waals surface area (Å²) in [5.74, 6) is -0.922. The molecule has 0 aliphatic heterocycles. The zero-order valence-corrected chi connectivity index (χ0v) is 52.0. The monoisotopic (exact) mass is 1110 g/mol. The lowest BCUT2D eigenvalue weighted by Gasteiger charge is -2.18. The Morgan fingerprint density at radius 1 is 0.263 bits per heavy atom. The van der Waals surface area contributed by atoms with Crippen LogP contribution in [0.25, 0.3) is 0 Å². The number of hydrogen-bond acceptors (Lipinski definition) is 6. The van der Waals surface area contributed by atoms with Gasteiger partial charge in [-0.05, 0) is 141 Å². The minimum Gasteiger partial charge on any atom is -0.462 e. The Morgan fingerprint density at radius 3 is 0.800 bits per heavy atom. The number of carbonyl (C=O) groups is 3. The van der Waals surface area contributed by atoms with Crippen molar-refractivity contribution < 1.29 is 28.6 Å². The lowest BCUT2D eigenvalue weighted by molar-refractivity contribution is -0.167. The Labute approximate surface area is 494 Å². The zero-order valence-electron chi connectivity index (χ0n) is 52.0. The van der Waals surface area contributed by atoms with Crippen LogP contribution in [0.2, 0.25) is 0 Å². The molecule has 1 unspecified atom stereocenters. The van der Waals surface area contributed by atoms with Crippen molar-refractivity contribution in [2.75, 3.05) is 13.2 Å². The molecule has 6 heteroatoms. The highest BCUT2D eigenvalue weighted by atomic mass is 16.6. The largest absolute Gasteiger partial charge is 0.462 e. The predicted octanol–water partition coefficient (Wildman–Crippen LogP) is 22.9. The summed E-state index contributed by atoms with van der Waals surface area (Å²) < 4.78 is 16.9. The van der Waals surface area contributed by atoms with Crippen LogP contribution in [-0.4, -0.2) is 37.2 Å². The maximum atomic E-state index is 12.9. The second-order valence-corrected chi connectivity index (χ2v) is 21.6. The Hall–Kier alpha value is -4.45. The summed E-state index contributed by atoms with van der Waals surface area (Å²) in [4.78, 5) is 38.3. The highest BCUT2D eigenvalue weighted by Gasteiger charge is 2.19. The zero-order chi connectivity index (χ0) is 57.8. The van der Waals surface area contributed by atoms with E-state index in [9.17, 15) is 14.4 Å². The molecule has 0 rings (SSSR count). The van der Waals surface area contributed by atoms with Crippen molar-refractivity contribution in [3.05, 3.63) is 134 Å². The second kappa shape index (κ2) is 67.1.